The highest BCUT2D eigenvalue weighted by Crippen LogP contribution is 2.38. The lowest BCUT2D eigenvalue weighted by atomic mass is 10.1. The molecule has 4 heteroatoms. The zero-order valence-electron chi connectivity index (χ0n) is 5.39. The van der Waals surface area contributed by atoms with Crippen LogP contribution >= 0.6 is 15.9 Å². The van der Waals surface area contributed by atoms with Crippen LogP contribution in [0, 0.1) is 0 Å². The fraction of sp³-hybridized carbons (Fsp3) is 1.00. The van der Waals surface area contributed by atoms with Gasteiger partial charge in [0.1, 0.15) is 0 Å². The van der Waals surface area contributed by atoms with Gasteiger partial charge >= 0.3 is 0 Å². The van der Waals surface area contributed by atoms with E-state index in [1.807, 2.05) is 0 Å². The van der Waals surface area contributed by atoms with Crippen LogP contribution in [0.5, 0.6) is 0 Å². The van der Waals surface area contributed by atoms with Gasteiger partial charge in [0.05, 0.1) is 10.5 Å². The highest BCUT2D eigenvalue weighted by Gasteiger charge is 2.51. The van der Waals surface area contributed by atoms with Crippen LogP contribution in [0.2, 0.25) is 0 Å². The van der Waals surface area contributed by atoms with Gasteiger partial charge < -0.3 is 0 Å². The first-order chi connectivity index (χ1) is 3.88. The highest BCUT2D eigenvalue weighted by molar-refractivity contribution is 9.10. The number of sulfone groups is 1. The van der Waals surface area contributed by atoms with Crippen LogP contribution in [0.15, 0.2) is 0 Å². The molecule has 1 atom stereocenters. The first-order valence-corrected chi connectivity index (χ1v) is 5.31. The monoisotopic (exact) mass is 212 g/mol. The average molecular weight is 213 g/mol. The van der Waals surface area contributed by atoms with Crippen molar-refractivity contribution in [3.05, 3.63) is 0 Å². The van der Waals surface area contributed by atoms with E-state index in [0.717, 1.165) is 0 Å². The predicted octanol–water partition coefficient (Wildman–Crippen LogP) is 0.957. The number of hydrogen-bond donors (Lipinski definition) is 0. The van der Waals surface area contributed by atoms with Crippen molar-refractivity contribution in [3.8, 4) is 0 Å². The summed E-state index contributed by atoms with van der Waals surface area (Å²) < 4.78 is 21.3. The number of halogens is 1. The van der Waals surface area contributed by atoms with Gasteiger partial charge in [0.2, 0.25) is 0 Å². The van der Waals surface area contributed by atoms with Crippen molar-refractivity contribution >= 4 is 25.8 Å². The third-order valence-corrected chi connectivity index (χ3v) is 6.78. The molecule has 0 bridgehead atoms. The van der Waals surface area contributed by atoms with E-state index >= 15 is 0 Å². The van der Waals surface area contributed by atoms with E-state index in [4.69, 9.17) is 0 Å². The van der Waals surface area contributed by atoms with Gasteiger partial charge in [-0.2, -0.15) is 0 Å². The van der Waals surface area contributed by atoms with Gasteiger partial charge in [0.15, 0.2) is 9.84 Å². The second kappa shape index (κ2) is 1.72. The van der Waals surface area contributed by atoms with Crippen LogP contribution in [0.3, 0.4) is 0 Å². The Bertz CT molecular complexity index is 217. The number of rotatable bonds is 0. The van der Waals surface area contributed by atoms with Gasteiger partial charge in [-0.05, 0) is 13.8 Å². The van der Waals surface area contributed by atoms with E-state index < -0.39 is 14.6 Å². The Morgan fingerprint density at radius 2 is 2.00 bits per heavy atom. The third-order valence-electron chi connectivity index (χ3n) is 1.92. The lowest BCUT2D eigenvalue weighted by molar-refractivity contribution is 0.508. The molecule has 1 aliphatic heterocycles. The lowest BCUT2D eigenvalue weighted by Gasteiger charge is -2.39. The first-order valence-electron chi connectivity index (χ1n) is 2.74. The number of hydrogen-bond acceptors (Lipinski definition) is 2. The van der Waals surface area contributed by atoms with E-state index in [2.05, 4.69) is 15.9 Å². The molecule has 1 heterocycles. The van der Waals surface area contributed by atoms with Crippen molar-refractivity contribution in [2.45, 2.75) is 23.4 Å². The molecule has 1 saturated heterocycles. The molecule has 2 nitrogen and oxygen atoms in total. The molecular formula is C5H9BrO2S. The van der Waals surface area contributed by atoms with E-state index in [1.54, 1.807) is 13.8 Å². The van der Waals surface area contributed by atoms with E-state index in [-0.39, 0.29) is 4.83 Å². The van der Waals surface area contributed by atoms with Crippen LogP contribution in [-0.4, -0.2) is 23.7 Å². The molecule has 0 N–H and O–H groups in total. The van der Waals surface area contributed by atoms with Gasteiger partial charge in [0.25, 0.3) is 0 Å². The molecule has 0 aliphatic carbocycles. The van der Waals surface area contributed by atoms with Crippen LogP contribution in [0.25, 0.3) is 0 Å². The van der Waals surface area contributed by atoms with Crippen molar-refractivity contribution in [2.75, 3.05) is 5.75 Å². The minimum atomic E-state index is -2.76. The molecule has 54 valence electrons. The van der Waals surface area contributed by atoms with Crippen LogP contribution in [0.1, 0.15) is 13.8 Å². The summed E-state index contributed by atoms with van der Waals surface area (Å²) >= 11 is 3.28. The molecule has 0 amide bonds. The van der Waals surface area contributed by atoms with Crippen molar-refractivity contribution in [1.82, 2.24) is 0 Å². The lowest BCUT2D eigenvalue weighted by Crippen LogP contribution is -2.56. The van der Waals surface area contributed by atoms with Gasteiger partial charge in [-0.15, -0.1) is 0 Å². The predicted molar refractivity (Wildman–Crippen MR) is 40.6 cm³/mol. The summed E-state index contributed by atoms with van der Waals surface area (Å²) in [5, 5.41) is 0. The molecular weight excluding hydrogens is 204 g/mol. The zero-order chi connectivity index (χ0) is 7.28. The largest absolute Gasteiger partial charge is 0.228 e. The van der Waals surface area contributed by atoms with Gasteiger partial charge in [0, 0.05) is 4.83 Å². The topological polar surface area (TPSA) is 34.1 Å². The quantitative estimate of drug-likeness (QED) is 0.561. The molecule has 0 radical (unpaired) electrons. The van der Waals surface area contributed by atoms with E-state index in [9.17, 15) is 8.42 Å². The number of alkyl halides is 1. The minimum Gasteiger partial charge on any atom is -0.228 e. The Morgan fingerprint density at radius 1 is 1.56 bits per heavy atom. The molecule has 9 heavy (non-hydrogen) atoms. The fourth-order valence-corrected chi connectivity index (χ4v) is 4.01. The summed E-state index contributed by atoms with van der Waals surface area (Å²) in [7, 11) is -2.76. The summed E-state index contributed by atoms with van der Waals surface area (Å²) in [5.74, 6) is 0.292. The van der Waals surface area contributed by atoms with E-state index in [1.165, 1.54) is 0 Å². The maximum atomic E-state index is 10.9. The van der Waals surface area contributed by atoms with Gasteiger partial charge in [-0.1, -0.05) is 15.9 Å². The first kappa shape index (κ1) is 7.54. The van der Waals surface area contributed by atoms with Crippen molar-refractivity contribution < 1.29 is 8.42 Å². The summed E-state index contributed by atoms with van der Waals surface area (Å²) in [6.45, 7) is 3.48. The summed E-state index contributed by atoms with van der Waals surface area (Å²) in [5.41, 5.74) is 0. The zero-order valence-corrected chi connectivity index (χ0v) is 7.79. The molecule has 1 fully saturated rings. The molecule has 1 aliphatic rings. The molecule has 0 aromatic heterocycles. The summed E-state index contributed by atoms with van der Waals surface area (Å²) in [6.07, 6.45) is 0. The molecule has 1 unspecified atom stereocenters. The summed E-state index contributed by atoms with van der Waals surface area (Å²) in [6, 6.07) is 0. The molecule has 0 aromatic carbocycles. The van der Waals surface area contributed by atoms with Gasteiger partial charge in [-0.3, -0.25) is 0 Å². The highest BCUT2D eigenvalue weighted by atomic mass is 79.9. The maximum Gasteiger partial charge on any atom is 0.157 e. The SMILES string of the molecule is CC1(C)C(Br)CS1(=O)=O. The Hall–Kier alpha value is 0.430. The van der Waals surface area contributed by atoms with E-state index in [0.29, 0.717) is 5.75 Å². The Balaban J connectivity index is 2.96. The molecule has 0 aromatic rings. The van der Waals surface area contributed by atoms with Gasteiger partial charge in [-0.25, -0.2) is 8.42 Å². The fourth-order valence-electron chi connectivity index (χ4n) is 0.704. The molecule has 1 rings (SSSR count). The smallest absolute Gasteiger partial charge is 0.157 e. The Labute approximate surface area is 63.7 Å². The second-order valence-corrected chi connectivity index (χ2v) is 6.57. The van der Waals surface area contributed by atoms with Crippen LogP contribution in [-0.2, 0) is 9.84 Å². The van der Waals surface area contributed by atoms with Crippen molar-refractivity contribution in [1.29, 1.82) is 0 Å². The standard InChI is InChI=1S/C5H9BrO2S/c1-5(2)4(6)3-9(5,7)8/h4H,3H2,1-2H3. The molecule has 0 spiro atoms. The Morgan fingerprint density at radius 3 is 2.00 bits per heavy atom. The molecule has 0 saturated carbocycles. The van der Waals surface area contributed by atoms with Crippen molar-refractivity contribution in [2.24, 2.45) is 0 Å². The third kappa shape index (κ3) is 0.835. The van der Waals surface area contributed by atoms with Crippen LogP contribution < -0.4 is 0 Å². The Kier molecular flexibility index (Phi) is 1.44. The average Bonchev–Trinajstić information content (AvgIpc) is 1.65. The maximum absolute atomic E-state index is 10.9. The summed E-state index contributed by atoms with van der Waals surface area (Å²) in [4.78, 5) is 0.148. The minimum absolute atomic E-state index is 0.148. The second-order valence-electron chi connectivity index (χ2n) is 2.85. The van der Waals surface area contributed by atoms with Crippen molar-refractivity contribution in [3.63, 3.8) is 0 Å². The van der Waals surface area contributed by atoms with Crippen LogP contribution in [0.4, 0.5) is 0 Å². The normalized spacial score (nSPS) is 37.4.